The van der Waals surface area contributed by atoms with E-state index in [4.69, 9.17) is 33.2 Å². The molecule has 0 bridgehead atoms. The first-order valence-electron chi connectivity index (χ1n) is 11.6. The number of rotatable bonds is 8. The summed E-state index contributed by atoms with van der Waals surface area (Å²) in [7, 11) is 0. The second kappa shape index (κ2) is 12.1. The van der Waals surface area contributed by atoms with E-state index in [2.05, 4.69) is 0 Å². The van der Waals surface area contributed by atoms with E-state index in [1.165, 1.54) is 6.92 Å². The summed E-state index contributed by atoms with van der Waals surface area (Å²) in [5.74, 6) is -0.370. The van der Waals surface area contributed by atoms with Crippen molar-refractivity contribution in [2.45, 2.75) is 82.6 Å². The zero-order valence-corrected chi connectivity index (χ0v) is 18.7. The van der Waals surface area contributed by atoms with E-state index in [-0.39, 0.29) is 24.3 Å². The molecule has 8 heteroatoms. The fourth-order valence-electron chi connectivity index (χ4n) is 4.28. The van der Waals surface area contributed by atoms with Crippen LogP contribution >= 0.6 is 0 Å². The van der Waals surface area contributed by atoms with Crippen molar-refractivity contribution in [3.05, 3.63) is 35.9 Å². The van der Waals surface area contributed by atoms with E-state index in [1.54, 1.807) is 0 Å². The van der Waals surface area contributed by atoms with E-state index in [0.717, 1.165) is 37.9 Å². The highest BCUT2D eigenvalue weighted by molar-refractivity contribution is 5.66. The van der Waals surface area contributed by atoms with Crippen molar-refractivity contribution in [1.29, 1.82) is 0 Å². The summed E-state index contributed by atoms with van der Waals surface area (Å²) < 4.78 is 41.2. The first-order valence-corrected chi connectivity index (χ1v) is 11.6. The Morgan fingerprint density at radius 1 is 0.938 bits per heavy atom. The van der Waals surface area contributed by atoms with Gasteiger partial charge in [0.2, 0.25) is 0 Å². The standard InChI is InChI=1S/C24H34O8/c1-17(25)30-22-13-20(16-29-24(22)31-19-9-5-11-26-15-19)32-23-21(10-6-12-27-23)28-14-18-7-3-2-4-8-18/h2-4,7-8,19-24H,5-6,9-16H2,1H3. The van der Waals surface area contributed by atoms with Crippen molar-refractivity contribution in [3.63, 3.8) is 0 Å². The molecule has 3 heterocycles. The smallest absolute Gasteiger partial charge is 0.303 e. The molecule has 3 fully saturated rings. The van der Waals surface area contributed by atoms with Crippen LogP contribution in [0.15, 0.2) is 30.3 Å². The molecule has 0 N–H and O–H groups in total. The Balaban J connectivity index is 1.31. The van der Waals surface area contributed by atoms with Crippen molar-refractivity contribution in [1.82, 2.24) is 0 Å². The Kier molecular flexibility index (Phi) is 8.90. The highest BCUT2D eigenvalue weighted by Crippen LogP contribution is 2.28. The lowest BCUT2D eigenvalue weighted by atomic mass is 10.1. The Bertz CT molecular complexity index is 692. The van der Waals surface area contributed by atoms with E-state index in [9.17, 15) is 4.79 Å². The molecule has 0 spiro atoms. The number of esters is 1. The second-order valence-corrected chi connectivity index (χ2v) is 8.54. The highest BCUT2D eigenvalue weighted by atomic mass is 16.7. The minimum Gasteiger partial charge on any atom is -0.457 e. The van der Waals surface area contributed by atoms with Gasteiger partial charge in [-0.3, -0.25) is 4.79 Å². The van der Waals surface area contributed by atoms with Crippen LogP contribution in [0.25, 0.3) is 0 Å². The van der Waals surface area contributed by atoms with Gasteiger partial charge in [0.25, 0.3) is 0 Å². The maximum Gasteiger partial charge on any atom is 0.303 e. The third kappa shape index (κ3) is 6.97. The zero-order valence-electron chi connectivity index (χ0n) is 18.7. The highest BCUT2D eigenvalue weighted by Gasteiger charge is 2.39. The lowest BCUT2D eigenvalue weighted by Crippen LogP contribution is -2.50. The van der Waals surface area contributed by atoms with Crippen LogP contribution in [-0.2, 0) is 44.6 Å². The van der Waals surface area contributed by atoms with Crippen LogP contribution in [0.5, 0.6) is 0 Å². The van der Waals surface area contributed by atoms with Crippen molar-refractivity contribution < 1.29 is 38.0 Å². The third-order valence-corrected chi connectivity index (χ3v) is 5.86. The van der Waals surface area contributed by atoms with Crippen molar-refractivity contribution in [3.8, 4) is 0 Å². The van der Waals surface area contributed by atoms with Gasteiger partial charge in [-0.2, -0.15) is 0 Å². The van der Waals surface area contributed by atoms with Crippen molar-refractivity contribution in [2.75, 3.05) is 26.4 Å². The molecular weight excluding hydrogens is 416 g/mol. The number of hydrogen-bond acceptors (Lipinski definition) is 8. The molecule has 3 saturated heterocycles. The maximum absolute atomic E-state index is 11.7. The SMILES string of the molecule is CC(=O)OC1CC(OC2OCCCC2OCc2ccccc2)COC1OC1CCCOC1. The minimum absolute atomic E-state index is 0.0540. The molecular formula is C24H34O8. The monoisotopic (exact) mass is 450 g/mol. The first-order chi connectivity index (χ1) is 15.7. The van der Waals surface area contributed by atoms with E-state index >= 15 is 0 Å². The van der Waals surface area contributed by atoms with Gasteiger partial charge < -0.3 is 33.2 Å². The van der Waals surface area contributed by atoms with Gasteiger partial charge in [-0.25, -0.2) is 0 Å². The minimum atomic E-state index is -0.622. The van der Waals surface area contributed by atoms with E-state index < -0.39 is 18.7 Å². The molecule has 0 radical (unpaired) electrons. The summed E-state index contributed by atoms with van der Waals surface area (Å²) >= 11 is 0. The molecule has 0 saturated carbocycles. The number of benzene rings is 1. The van der Waals surface area contributed by atoms with Gasteiger partial charge in [0.15, 0.2) is 18.7 Å². The molecule has 8 nitrogen and oxygen atoms in total. The summed E-state index contributed by atoms with van der Waals surface area (Å²) in [6.07, 6.45) is 1.98. The molecule has 0 amide bonds. The second-order valence-electron chi connectivity index (χ2n) is 8.54. The van der Waals surface area contributed by atoms with Crippen LogP contribution < -0.4 is 0 Å². The topological polar surface area (TPSA) is 81.7 Å². The normalized spacial score (nSPS) is 33.5. The third-order valence-electron chi connectivity index (χ3n) is 5.86. The van der Waals surface area contributed by atoms with Crippen LogP contribution in [0.1, 0.15) is 44.6 Å². The van der Waals surface area contributed by atoms with Crippen LogP contribution in [0.3, 0.4) is 0 Å². The molecule has 6 unspecified atom stereocenters. The van der Waals surface area contributed by atoms with Gasteiger partial charge in [-0.1, -0.05) is 30.3 Å². The molecule has 178 valence electrons. The molecule has 4 rings (SSSR count). The van der Waals surface area contributed by atoms with Crippen LogP contribution in [0.4, 0.5) is 0 Å². The fourth-order valence-corrected chi connectivity index (χ4v) is 4.28. The van der Waals surface area contributed by atoms with Crippen molar-refractivity contribution >= 4 is 5.97 Å². The molecule has 3 aliphatic rings. The predicted octanol–water partition coefficient (Wildman–Crippen LogP) is 2.97. The first kappa shape index (κ1) is 23.6. The summed E-state index contributed by atoms with van der Waals surface area (Å²) in [6, 6.07) is 10.1. The zero-order chi connectivity index (χ0) is 22.2. The molecule has 32 heavy (non-hydrogen) atoms. The molecule has 3 aliphatic heterocycles. The quantitative estimate of drug-likeness (QED) is 0.559. The number of ether oxygens (including phenoxy) is 7. The molecule has 0 aliphatic carbocycles. The van der Waals surface area contributed by atoms with Gasteiger partial charge in [0.05, 0.1) is 32.0 Å². The molecule has 1 aromatic carbocycles. The van der Waals surface area contributed by atoms with Crippen LogP contribution in [-0.4, -0.2) is 69.4 Å². The Morgan fingerprint density at radius 2 is 1.72 bits per heavy atom. The van der Waals surface area contributed by atoms with E-state index in [0.29, 0.717) is 32.8 Å². The molecule has 0 aromatic heterocycles. The van der Waals surface area contributed by atoms with Gasteiger partial charge in [0.1, 0.15) is 6.10 Å². The Hall–Kier alpha value is -1.55. The van der Waals surface area contributed by atoms with Crippen LogP contribution in [0, 0.1) is 0 Å². The number of hydrogen-bond donors (Lipinski definition) is 0. The summed E-state index contributed by atoms with van der Waals surface area (Å²) in [5.41, 5.74) is 1.11. The lowest BCUT2D eigenvalue weighted by Gasteiger charge is -2.40. The van der Waals surface area contributed by atoms with Gasteiger partial charge in [0, 0.05) is 26.6 Å². The maximum atomic E-state index is 11.7. The summed E-state index contributed by atoms with van der Waals surface area (Å²) in [4.78, 5) is 11.7. The fraction of sp³-hybridized carbons (Fsp3) is 0.708. The van der Waals surface area contributed by atoms with Crippen LogP contribution in [0.2, 0.25) is 0 Å². The Labute approximate surface area is 189 Å². The van der Waals surface area contributed by atoms with Gasteiger partial charge in [-0.15, -0.1) is 0 Å². The number of carbonyl (C=O) groups excluding carboxylic acids is 1. The van der Waals surface area contributed by atoms with E-state index in [1.807, 2.05) is 30.3 Å². The summed E-state index contributed by atoms with van der Waals surface area (Å²) in [6.45, 7) is 4.15. The predicted molar refractivity (Wildman–Crippen MR) is 114 cm³/mol. The number of carbonyl (C=O) groups is 1. The largest absolute Gasteiger partial charge is 0.457 e. The molecule has 1 aromatic rings. The summed E-state index contributed by atoms with van der Waals surface area (Å²) in [5, 5.41) is 0. The van der Waals surface area contributed by atoms with Gasteiger partial charge in [-0.05, 0) is 31.2 Å². The average molecular weight is 451 g/mol. The molecule has 6 atom stereocenters. The van der Waals surface area contributed by atoms with Crippen molar-refractivity contribution in [2.24, 2.45) is 0 Å². The Morgan fingerprint density at radius 3 is 2.50 bits per heavy atom. The lowest BCUT2D eigenvalue weighted by molar-refractivity contribution is -0.301. The average Bonchev–Trinajstić information content (AvgIpc) is 2.81. The van der Waals surface area contributed by atoms with Gasteiger partial charge >= 0.3 is 5.97 Å².